The van der Waals surface area contributed by atoms with Gasteiger partial charge in [0.25, 0.3) is 11.7 Å². The van der Waals surface area contributed by atoms with Crippen LogP contribution < -0.4 is 4.90 Å². The van der Waals surface area contributed by atoms with Crippen LogP contribution in [0.5, 0.6) is 0 Å². The SMILES string of the molecule is Cc1c(Cl)cccc1N1C(=O)C(=O)/C(=C(\O)c2cccc3ccccc23)C1c1ccccc1. The number of ketones is 1. The van der Waals surface area contributed by atoms with Crippen molar-refractivity contribution in [1.29, 1.82) is 0 Å². The first-order valence-corrected chi connectivity index (χ1v) is 11.0. The Kier molecular flexibility index (Phi) is 5.23. The molecule has 5 heteroatoms. The molecule has 1 aliphatic rings. The fourth-order valence-electron chi connectivity index (χ4n) is 4.47. The number of amides is 1. The van der Waals surface area contributed by atoms with Crippen LogP contribution in [-0.2, 0) is 9.59 Å². The Balaban J connectivity index is 1.80. The lowest BCUT2D eigenvalue weighted by molar-refractivity contribution is -0.132. The second-order valence-corrected chi connectivity index (χ2v) is 8.40. The maximum atomic E-state index is 13.4. The molecule has 0 spiro atoms. The summed E-state index contributed by atoms with van der Waals surface area (Å²) in [7, 11) is 0. The fraction of sp³-hybridized carbons (Fsp3) is 0.0714. The van der Waals surface area contributed by atoms with Gasteiger partial charge in [0, 0.05) is 16.3 Å². The minimum absolute atomic E-state index is 0.0573. The van der Waals surface area contributed by atoms with Gasteiger partial charge in [-0.15, -0.1) is 0 Å². The highest BCUT2D eigenvalue weighted by molar-refractivity contribution is 6.52. The number of benzene rings is 4. The van der Waals surface area contributed by atoms with E-state index in [2.05, 4.69) is 0 Å². The lowest BCUT2D eigenvalue weighted by Crippen LogP contribution is -2.30. The zero-order valence-corrected chi connectivity index (χ0v) is 18.6. The van der Waals surface area contributed by atoms with E-state index < -0.39 is 17.7 Å². The number of carbonyl (C=O) groups is 2. The molecule has 1 aliphatic heterocycles. The van der Waals surface area contributed by atoms with Crippen LogP contribution in [0.3, 0.4) is 0 Å². The lowest BCUT2D eigenvalue weighted by atomic mass is 9.93. The molecule has 1 atom stereocenters. The number of anilines is 1. The highest BCUT2D eigenvalue weighted by atomic mass is 35.5. The van der Waals surface area contributed by atoms with E-state index in [4.69, 9.17) is 11.6 Å². The number of aliphatic hydroxyl groups excluding tert-OH is 1. The highest BCUT2D eigenvalue weighted by Crippen LogP contribution is 2.44. The zero-order valence-electron chi connectivity index (χ0n) is 17.8. The van der Waals surface area contributed by atoms with Gasteiger partial charge >= 0.3 is 0 Å². The molecule has 1 saturated heterocycles. The van der Waals surface area contributed by atoms with Crippen LogP contribution in [0.15, 0.2) is 96.6 Å². The van der Waals surface area contributed by atoms with Gasteiger partial charge in [-0.05, 0) is 41.0 Å². The monoisotopic (exact) mass is 453 g/mol. The molecule has 162 valence electrons. The zero-order chi connectivity index (χ0) is 23.1. The summed E-state index contributed by atoms with van der Waals surface area (Å²) in [6.45, 7) is 1.81. The van der Waals surface area contributed by atoms with Crippen molar-refractivity contribution >= 4 is 45.5 Å². The van der Waals surface area contributed by atoms with E-state index in [1.54, 1.807) is 24.3 Å². The van der Waals surface area contributed by atoms with Gasteiger partial charge in [0.15, 0.2) is 0 Å². The van der Waals surface area contributed by atoms with Crippen LogP contribution in [0.4, 0.5) is 5.69 Å². The van der Waals surface area contributed by atoms with Crippen molar-refractivity contribution < 1.29 is 14.7 Å². The molecule has 1 fully saturated rings. The number of carbonyl (C=O) groups excluding carboxylic acids is 2. The molecule has 0 aromatic heterocycles. The van der Waals surface area contributed by atoms with E-state index in [1.165, 1.54) is 4.90 Å². The van der Waals surface area contributed by atoms with Crippen molar-refractivity contribution in [2.24, 2.45) is 0 Å². The van der Waals surface area contributed by atoms with Gasteiger partial charge in [-0.3, -0.25) is 14.5 Å². The molecule has 5 rings (SSSR count). The summed E-state index contributed by atoms with van der Waals surface area (Å²) in [5.41, 5.74) is 2.51. The van der Waals surface area contributed by atoms with Gasteiger partial charge in [0.05, 0.1) is 11.6 Å². The van der Waals surface area contributed by atoms with Crippen molar-refractivity contribution in [3.8, 4) is 0 Å². The molecule has 0 radical (unpaired) electrons. The number of halogens is 1. The third kappa shape index (κ3) is 3.40. The maximum absolute atomic E-state index is 13.4. The highest BCUT2D eigenvalue weighted by Gasteiger charge is 2.47. The van der Waals surface area contributed by atoms with Crippen molar-refractivity contribution in [3.05, 3.63) is 118 Å². The Morgan fingerprint density at radius 3 is 2.30 bits per heavy atom. The molecule has 1 amide bonds. The Morgan fingerprint density at radius 1 is 0.848 bits per heavy atom. The fourth-order valence-corrected chi connectivity index (χ4v) is 4.64. The summed E-state index contributed by atoms with van der Waals surface area (Å²) in [5.74, 6) is -1.62. The third-order valence-electron chi connectivity index (χ3n) is 6.10. The largest absolute Gasteiger partial charge is 0.507 e. The first-order chi connectivity index (χ1) is 16.0. The van der Waals surface area contributed by atoms with Gasteiger partial charge in [0.1, 0.15) is 5.76 Å². The van der Waals surface area contributed by atoms with Gasteiger partial charge < -0.3 is 5.11 Å². The van der Waals surface area contributed by atoms with E-state index in [0.29, 0.717) is 21.8 Å². The first-order valence-electron chi connectivity index (χ1n) is 10.6. The number of aliphatic hydroxyl groups is 1. The number of nitrogens with zero attached hydrogens (tertiary/aromatic N) is 1. The molecule has 0 aliphatic carbocycles. The quantitative estimate of drug-likeness (QED) is 0.221. The number of rotatable bonds is 3. The molecule has 4 nitrogen and oxygen atoms in total. The Morgan fingerprint density at radius 2 is 1.52 bits per heavy atom. The molecule has 33 heavy (non-hydrogen) atoms. The summed E-state index contributed by atoms with van der Waals surface area (Å²) in [4.78, 5) is 28.2. The second-order valence-electron chi connectivity index (χ2n) is 7.99. The normalized spacial score (nSPS) is 17.6. The lowest BCUT2D eigenvalue weighted by Gasteiger charge is -2.27. The van der Waals surface area contributed by atoms with E-state index in [0.717, 1.165) is 16.3 Å². The van der Waals surface area contributed by atoms with Crippen LogP contribution in [0.25, 0.3) is 16.5 Å². The van der Waals surface area contributed by atoms with Crippen molar-refractivity contribution in [2.75, 3.05) is 4.90 Å². The van der Waals surface area contributed by atoms with Gasteiger partial charge in [-0.1, -0.05) is 90.5 Å². The standard InChI is InChI=1S/C28H20ClNO3/c1-17-22(29)15-8-16-23(17)30-25(19-10-3-2-4-11-19)24(27(32)28(30)33)26(31)21-14-7-12-18-9-5-6-13-20(18)21/h2-16,25,31H,1H3/b26-24-. The van der Waals surface area contributed by atoms with Gasteiger partial charge in [-0.25, -0.2) is 0 Å². The minimum Gasteiger partial charge on any atom is -0.507 e. The summed E-state index contributed by atoms with van der Waals surface area (Å²) in [5, 5.41) is 13.7. The summed E-state index contributed by atoms with van der Waals surface area (Å²) >= 11 is 6.35. The Hall–Kier alpha value is -3.89. The van der Waals surface area contributed by atoms with Crippen LogP contribution in [-0.4, -0.2) is 16.8 Å². The summed E-state index contributed by atoms with van der Waals surface area (Å²) < 4.78 is 0. The molecular weight excluding hydrogens is 434 g/mol. The van der Waals surface area contributed by atoms with E-state index in [9.17, 15) is 14.7 Å². The predicted molar refractivity (Wildman–Crippen MR) is 131 cm³/mol. The number of hydrogen-bond donors (Lipinski definition) is 1. The average molecular weight is 454 g/mol. The van der Waals surface area contributed by atoms with Crippen LogP contribution in [0.1, 0.15) is 22.7 Å². The third-order valence-corrected chi connectivity index (χ3v) is 6.51. The molecule has 0 bridgehead atoms. The molecule has 1 unspecified atom stereocenters. The van der Waals surface area contributed by atoms with Crippen molar-refractivity contribution in [2.45, 2.75) is 13.0 Å². The number of Topliss-reactive ketones (excluding diaryl/α,β-unsaturated/α-hetero) is 1. The van der Waals surface area contributed by atoms with E-state index >= 15 is 0 Å². The van der Waals surface area contributed by atoms with E-state index in [-0.39, 0.29) is 11.3 Å². The van der Waals surface area contributed by atoms with Crippen LogP contribution in [0, 0.1) is 6.92 Å². The predicted octanol–water partition coefficient (Wildman–Crippen LogP) is 6.43. The van der Waals surface area contributed by atoms with E-state index in [1.807, 2.05) is 73.7 Å². The summed E-state index contributed by atoms with van der Waals surface area (Å²) in [6.07, 6.45) is 0. The van der Waals surface area contributed by atoms with Crippen molar-refractivity contribution in [3.63, 3.8) is 0 Å². The molecule has 4 aromatic rings. The molecule has 0 saturated carbocycles. The Labute approximate surface area is 196 Å². The first kappa shape index (κ1) is 21.0. The topological polar surface area (TPSA) is 57.6 Å². The maximum Gasteiger partial charge on any atom is 0.300 e. The van der Waals surface area contributed by atoms with Gasteiger partial charge in [-0.2, -0.15) is 0 Å². The molecule has 4 aromatic carbocycles. The average Bonchev–Trinajstić information content (AvgIpc) is 3.11. The smallest absolute Gasteiger partial charge is 0.300 e. The molecule has 1 heterocycles. The second kappa shape index (κ2) is 8.23. The van der Waals surface area contributed by atoms with Crippen molar-refractivity contribution in [1.82, 2.24) is 0 Å². The minimum atomic E-state index is -0.790. The van der Waals surface area contributed by atoms with Crippen LogP contribution >= 0.6 is 11.6 Å². The summed E-state index contributed by atoms with van der Waals surface area (Å²) in [6, 6.07) is 26.9. The number of fused-ring (bicyclic) bond motifs is 1. The van der Waals surface area contributed by atoms with Gasteiger partial charge in [0.2, 0.25) is 0 Å². The molecular formula is C28H20ClNO3. The molecule has 1 N–H and O–H groups in total. The number of hydrogen-bond acceptors (Lipinski definition) is 3. The Bertz CT molecular complexity index is 1440. The van der Waals surface area contributed by atoms with Crippen LogP contribution in [0.2, 0.25) is 5.02 Å².